The molecule has 0 aliphatic heterocycles. The number of nitrogen functional groups attached to an aromatic ring is 1. The number of thioether (sulfide) groups is 1. The molecule has 2 unspecified atom stereocenters. The van der Waals surface area contributed by atoms with Gasteiger partial charge in [-0.15, -0.1) is 21.0 Å². The summed E-state index contributed by atoms with van der Waals surface area (Å²) in [5.41, 5.74) is 6.87. The number of nitrogens with two attached hydrogens (primary N) is 1. The Bertz CT molecular complexity index is 672. The second-order valence-corrected chi connectivity index (χ2v) is 6.65. The number of nitrogens with zero attached hydrogens (tertiary/aromatic N) is 4. The number of hydrogen-bond acceptors (Lipinski definition) is 6. The zero-order chi connectivity index (χ0) is 17.0. The van der Waals surface area contributed by atoms with E-state index in [1.54, 1.807) is 10.9 Å². The van der Waals surface area contributed by atoms with Crippen molar-refractivity contribution in [1.82, 2.24) is 19.5 Å². The Morgan fingerprint density at radius 3 is 2.75 bits per heavy atom. The van der Waals surface area contributed by atoms with Crippen molar-refractivity contribution in [2.45, 2.75) is 36.9 Å². The third kappa shape index (κ3) is 6.31. The Morgan fingerprint density at radius 1 is 1.42 bits per heavy atom. The summed E-state index contributed by atoms with van der Waals surface area (Å²) >= 11 is 1.50. The van der Waals surface area contributed by atoms with Crippen molar-refractivity contribution in [3.63, 3.8) is 0 Å². The molecule has 0 aromatic carbocycles. The molecule has 2 aromatic rings. The van der Waals surface area contributed by atoms with Gasteiger partial charge in [-0.3, -0.25) is 0 Å². The van der Waals surface area contributed by atoms with Crippen molar-refractivity contribution in [2.24, 2.45) is 0 Å². The van der Waals surface area contributed by atoms with E-state index in [2.05, 4.69) is 15.0 Å². The number of fused-ring (bicyclic) bond motifs is 1. The minimum absolute atomic E-state index is 0. The number of imidazole rings is 1. The van der Waals surface area contributed by atoms with Gasteiger partial charge in [0.1, 0.15) is 10.5 Å². The molecule has 2 aromatic heterocycles. The average molecular weight is 391 g/mol. The van der Waals surface area contributed by atoms with E-state index in [0.717, 1.165) is 5.75 Å². The summed E-state index contributed by atoms with van der Waals surface area (Å²) in [7, 11) is 2.05. The van der Waals surface area contributed by atoms with Gasteiger partial charge < -0.3 is 15.0 Å². The number of rotatable bonds is 7. The standard InChI is InChI=1S/C12H17F3N5OPS.Na.H/c1-2-23-10-8-9(18-11(16)19-10)20(6-17-8)3-4-21-7(22)5-12(13,14)15;;/h6-7H,2-5,22H2,1H3,(H2,16,18,19);;. The summed E-state index contributed by atoms with van der Waals surface area (Å²) in [6, 6.07) is 0. The Labute approximate surface area is 166 Å². The van der Waals surface area contributed by atoms with E-state index < -0.39 is 18.4 Å². The van der Waals surface area contributed by atoms with Crippen molar-refractivity contribution < 1.29 is 17.9 Å². The quantitative estimate of drug-likeness (QED) is 0.337. The van der Waals surface area contributed by atoms with E-state index in [0.29, 0.717) is 22.7 Å². The molecule has 2 atom stereocenters. The number of anilines is 1. The molecule has 0 bridgehead atoms. The van der Waals surface area contributed by atoms with Crippen LogP contribution in [0.15, 0.2) is 11.4 Å². The fraction of sp³-hybridized carbons (Fsp3) is 0.583. The van der Waals surface area contributed by atoms with Gasteiger partial charge in [0.25, 0.3) is 0 Å². The summed E-state index contributed by atoms with van der Waals surface area (Å²) in [6.45, 7) is 2.42. The summed E-state index contributed by atoms with van der Waals surface area (Å²) in [5, 5.41) is 0.690. The third-order valence-corrected chi connectivity index (χ3v) is 4.10. The Hall–Kier alpha value is -0.120. The van der Waals surface area contributed by atoms with Gasteiger partial charge in [-0.25, -0.2) is 9.97 Å². The second kappa shape index (κ2) is 9.54. The summed E-state index contributed by atoms with van der Waals surface area (Å²) in [6.07, 6.45) is -3.69. The van der Waals surface area contributed by atoms with E-state index in [9.17, 15) is 13.2 Å². The van der Waals surface area contributed by atoms with Crippen LogP contribution < -0.4 is 5.73 Å². The van der Waals surface area contributed by atoms with Crippen molar-refractivity contribution >= 4 is 67.7 Å². The van der Waals surface area contributed by atoms with Gasteiger partial charge in [0.2, 0.25) is 5.95 Å². The molecule has 130 valence electrons. The molecule has 2 heterocycles. The minimum atomic E-state index is -4.25. The Balaban J connectivity index is 0.00000288. The van der Waals surface area contributed by atoms with Crippen LogP contribution in [0.3, 0.4) is 0 Å². The van der Waals surface area contributed by atoms with Crippen molar-refractivity contribution in [2.75, 3.05) is 18.1 Å². The molecule has 0 saturated heterocycles. The number of hydrogen-bond donors (Lipinski definition) is 1. The molecule has 2 rings (SSSR count). The zero-order valence-corrected chi connectivity index (χ0v) is 14.3. The van der Waals surface area contributed by atoms with Crippen LogP contribution in [0.1, 0.15) is 13.3 Å². The molecule has 6 nitrogen and oxygen atoms in total. The molecule has 0 spiro atoms. The van der Waals surface area contributed by atoms with Gasteiger partial charge in [-0.05, 0) is 5.75 Å². The fourth-order valence-electron chi connectivity index (χ4n) is 1.92. The van der Waals surface area contributed by atoms with Gasteiger partial charge >= 0.3 is 35.7 Å². The van der Waals surface area contributed by atoms with Crippen LogP contribution >= 0.6 is 21.0 Å². The van der Waals surface area contributed by atoms with Crippen LogP contribution in [-0.4, -0.2) is 73.5 Å². The van der Waals surface area contributed by atoms with Gasteiger partial charge in [0, 0.05) is 6.54 Å². The van der Waals surface area contributed by atoms with Crippen LogP contribution in [0.5, 0.6) is 0 Å². The van der Waals surface area contributed by atoms with Crippen LogP contribution in [-0.2, 0) is 11.3 Å². The monoisotopic (exact) mass is 391 g/mol. The number of ether oxygens (including phenoxy) is 1. The normalized spacial score (nSPS) is 13.0. The molecule has 0 radical (unpaired) electrons. The fourth-order valence-corrected chi connectivity index (χ4v) is 3.04. The van der Waals surface area contributed by atoms with E-state index in [4.69, 9.17) is 10.5 Å². The molecule has 0 amide bonds. The molecule has 0 fully saturated rings. The molecule has 24 heavy (non-hydrogen) atoms. The molecular weight excluding hydrogens is 373 g/mol. The summed E-state index contributed by atoms with van der Waals surface area (Å²) in [5.74, 6) is -0.0268. The molecule has 12 heteroatoms. The van der Waals surface area contributed by atoms with Gasteiger partial charge in [-0.2, -0.15) is 18.2 Å². The average Bonchev–Trinajstić information content (AvgIpc) is 2.80. The number of halogens is 3. The molecule has 2 N–H and O–H groups in total. The first-order chi connectivity index (χ1) is 10.8. The van der Waals surface area contributed by atoms with Crippen molar-refractivity contribution in [3.8, 4) is 0 Å². The van der Waals surface area contributed by atoms with Gasteiger partial charge in [0.05, 0.1) is 25.2 Å². The van der Waals surface area contributed by atoms with E-state index in [1.807, 2.05) is 16.2 Å². The van der Waals surface area contributed by atoms with E-state index in [-0.39, 0.29) is 42.1 Å². The maximum atomic E-state index is 12.2. The third-order valence-electron chi connectivity index (χ3n) is 2.83. The molecule has 0 aliphatic carbocycles. The Morgan fingerprint density at radius 2 is 2.12 bits per heavy atom. The molecule has 0 aliphatic rings. The first-order valence-corrected chi connectivity index (χ1v) is 8.50. The van der Waals surface area contributed by atoms with Crippen LogP contribution in [0.2, 0.25) is 0 Å². The number of alkyl halides is 3. The second-order valence-electron chi connectivity index (χ2n) is 4.66. The number of aromatic nitrogens is 4. The van der Waals surface area contributed by atoms with E-state index in [1.165, 1.54) is 11.8 Å². The topological polar surface area (TPSA) is 78.9 Å². The van der Waals surface area contributed by atoms with Crippen LogP contribution in [0.4, 0.5) is 19.1 Å². The van der Waals surface area contributed by atoms with Crippen LogP contribution in [0, 0.1) is 0 Å². The van der Waals surface area contributed by atoms with Crippen molar-refractivity contribution in [3.05, 3.63) is 6.33 Å². The molecular formula is C12H18F3N5NaOPS. The first-order valence-electron chi connectivity index (χ1n) is 6.85. The van der Waals surface area contributed by atoms with Crippen molar-refractivity contribution in [1.29, 1.82) is 0 Å². The predicted octanol–water partition coefficient (Wildman–Crippen LogP) is 2.04. The first kappa shape index (κ1) is 21.9. The van der Waals surface area contributed by atoms with E-state index >= 15 is 0 Å². The summed E-state index contributed by atoms with van der Waals surface area (Å²) < 4.78 is 43.6. The van der Waals surface area contributed by atoms with Gasteiger partial charge in [-0.1, -0.05) is 6.92 Å². The summed E-state index contributed by atoms with van der Waals surface area (Å²) in [4.78, 5) is 12.6. The van der Waals surface area contributed by atoms with Crippen LogP contribution in [0.25, 0.3) is 11.2 Å². The predicted molar refractivity (Wildman–Crippen MR) is 93.4 cm³/mol. The molecule has 0 saturated carbocycles. The maximum absolute atomic E-state index is 12.2. The Kier molecular flexibility index (Phi) is 8.72. The zero-order valence-electron chi connectivity index (χ0n) is 12.4. The van der Waals surface area contributed by atoms with Gasteiger partial charge in [0.15, 0.2) is 5.65 Å². The SMILES string of the molecule is CCSc1nc(N)nc2c1ncn2CCOC(P)CC(F)(F)F.[NaH].